The summed E-state index contributed by atoms with van der Waals surface area (Å²) < 4.78 is 31.3. The lowest BCUT2D eigenvalue weighted by Gasteiger charge is -2.37. The van der Waals surface area contributed by atoms with Crippen LogP contribution in [0, 0.1) is 11.8 Å². The molecule has 2 saturated heterocycles. The van der Waals surface area contributed by atoms with Gasteiger partial charge in [-0.2, -0.15) is 0 Å². The van der Waals surface area contributed by atoms with Crippen LogP contribution in [0.2, 0.25) is 0 Å². The van der Waals surface area contributed by atoms with Gasteiger partial charge in [0.1, 0.15) is 24.4 Å². The van der Waals surface area contributed by atoms with Crippen molar-refractivity contribution in [3.63, 3.8) is 0 Å². The van der Waals surface area contributed by atoms with Crippen LogP contribution in [0.15, 0.2) is 97.1 Å². The summed E-state index contributed by atoms with van der Waals surface area (Å²) in [5.41, 5.74) is 2.84. The summed E-state index contributed by atoms with van der Waals surface area (Å²) in [6.45, 7) is 4.06. The maximum atomic E-state index is 15.7. The molecule has 4 aliphatic rings. The summed E-state index contributed by atoms with van der Waals surface area (Å²) in [5, 5.41) is 13.4. The van der Waals surface area contributed by atoms with Gasteiger partial charge in [-0.05, 0) is 124 Å². The molecule has 4 aromatic carbocycles. The topological polar surface area (TPSA) is 163 Å². The number of nitrogens with one attached hydrogen (secondary N) is 4. The molecule has 0 bridgehead atoms. The Morgan fingerprint density at radius 3 is 1.27 bits per heavy atom. The van der Waals surface area contributed by atoms with E-state index >= 15 is 8.78 Å². The van der Waals surface area contributed by atoms with Crippen LogP contribution in [0.4, 0.5) is 8.78 Å². The maximum absolute atomic E-state index is 15.7. The minimum absolute atomic E-state index is 0.0644. The summed E-state index contributed by atoms with van der Waals surface area (Å²) in [7, 11) is 3.38. The van der Waals surface area contributed by atoms with Crippen molar-refractivity contribution in [1.29, 1.82) is 0 Å². The summed E-state index contributed by atoms with van der Waals surface area (Å²) in [5.74, 6) is -1.90. The molecule has 0 radical (unpaired) electrons. The average Bonchev–Trinajstić information content (AvgIpc) is 4.05. The van der Waals surface area contributed by atoms with Crippen molar-refractivity contribution < 1.29 is 37.5 Å². The molecule has 4 N–H and O–H groups in total. The summed E-state index contributed by atoms with van der Waals surface area (Å²) in [4.78, 5) is 92.1. The lowest BCUT2D eigenvalue weighted by Crippen LogP contribution is -2.57. The van der Waals surface area contributed by atoms with E-state index < -0.39 is 48.6 Å². The van der Waals surface area contributed by atoms with Gasteiger partial charge in [-0.3, -0.25) is 28.8 Å². The van der Waals surface area contributed by atoms with Crippen LogP contribution >= 0.6 is 0 Å². The molecule has 2 aliphatic carbocycles. The Kier molecular flexibility index (Phi) is 20.5. The molecule has 16 heteroatoms. The first-order chi connectivity index (χ1) is 37.7. The Bertz CT molecular complexity index is 2490. The van der Waals surface area contributed by atoms with Crippen molar-refractivity contribution in [3.05, 3.63) is 119 Å². The summed E-state index contributed by atoms with van der Waals surface area (Å²) >= 11 is 0. The SMILES string of the molecule is CN[C@@H](C)C(=O)N[C@H](C(=O)N1C[C@H](F)C[C@H]1CN(CCc1ccccc1)C(=O)c1ccc2cc(C(=O)N(CCc3ccccc3)C[C@@H]3C[C@@H](F)CN3C(=O)[C@@H](NC(=O)[C@H](C)NC)C3CCCCC3)ccc2c1)C1CCCCC1. The van der Waals surface area contributed by atoms with Crippen molar-refractivity contribution in [2.24, 2.45) is 11.8 Å². The molecule has 4 fully saturated rings. The number of likely N-dealkylation sites (tertiary alicyclic amines) is 2. The number of halogens is 2. The number of rotatable bonds is 22. The minimum Gasteiger partial charge on any atom is -0.343 e. The number of carbonyl (C=O) groups excluding carboxylic acids is 6. The molecule has 2 heterocycles. The molecule has 8 rings (SSSR count). The molecule has 8 atom stereocenters. The third-order valence-electron chi connectivity index (χ3n) is 17.1. The second-order valence-corrected chi connectivity index (χ2v) is 22.5. The largest absolute Gasteiger partial charge is 0.343 e. The highest BCUT2D eigenvalue weighted by atomic mass is 19.1. The highest BCUT2D eigenvalue weighted by Gasteiger charge is 2.44. The highest BCUT2D eigenvalue weighted by Crippen LogP contribution is 2.33. The third-order valence-corrected chi connectivity index (χ3v) is 17.1. The maximum Gasteiger partial charge on any atom is 0.253 e. The normalized spacial score (nSPS) is 21.6. The van der Waals surface area contributed by atoms with Crippen LogP contribution in [0.3, 0.4) is 0 Å². The van der Waals surface area contributed by atoms with Crippen LogP contribution in [-0.4, -0.2) is 157 Å². The van der Waals surface area contributed by atoms with E-state index in [1.54, 1.807) is 71.8 Å². The predicted octanol–water partition coefficient (Wildman–Crippen LogP) is 7.43. The number of carbonyl (C=O) groups is 6. The molecule has 0 spiro atoms. The van der Waals surface area contributed by atoms with Gasteiger partial charge in [-0.15, -0.1) is 0 Å². The molecular formula is C62H82F2N8O6. The number of hydrogen-bond donors (Lipinski definition) is 4. The molecule has 0 unspecified atom stereocenters. The zero-order valence-electron chi connectivity index (χ0n) is 46.1. The van der Waals surface area contributed by atoms with E-state index in [2.05, 4.69) is 21.3 Å². The van der Waals surface area contributed by atoms with Gasteiger partial charge in [0.15, 0.2) is 0 Å². The van der Waals surface area contributed by atoms with Crippen LogP contribution in [0.25, 0.3) is 10.8 Å². The van der Waals surface area contributed by atoms with Crippen LogP contribution < -0.4 is 21.3 Å². The van der Waals surface area contributed by atoms with Gasteiger partial charge in [0.25, 0.3) is 11.8 Å². The van der Waals surface area contributed by atoms with E-state index in [0.717, 1.165) is 86.1 Å². The predicted molar refractivity (Wildman–Crippen MR) is 300 cm³/mol. The Hall–Kier alpha value is -6.26. The zero-order valence-corrected chi connectivity index (χ0v) is 46.1. The summed E-state index contributed by atoms with van der Waals surface area (Å²) in [6, 6.07) is 26.4. The number of hydrogen-bond acceptors (Lipinski definition) is 8. The van der Waals surface area contributed by atoms with E-state index in [-0.39, 0.29) is 86.3 Å². The van der Waals surface area contributed by atoms with E-state index in [1.807, 2.05) is 72.8 Å². The molecule has 4 aromatic rings. The van der Waals surface area contributed by atoms with Crippen molar-refractivity contribution in [2.75, 3.05) is 53.4 Å². The minimum atomic E-state index is -1.29. The van der Waals surface area contributed by atoms with Gasteiger partial charge in [0.05, 0.1) is 37.3 Å². The van der Waals surface area contributed by atoms with Crippen LogP contribution in [0.5, 0.6) is 0 Å². The first kappa shape index (κ1) is 57.9. The van der Waals surface area contributed by atoms with Crippen molar-refractivity contribution in [2.45, 2.75) is 152 Å². The van der Waals surface area contributed by atoms with Gasteiger partial charge in [0.2, 0.25) is 23.6 Å². The first-order valence-corrected chi connectivity index (χ1v) is 28.8. The Labute approximate surface area is 459 Å². The van der Waals surface area contributed by atoms with E-state index in [4.69, 9.17) is 0 Å². The van der Waals surface area contributed by atoms with E-state index in [1.165, 1.54) is 0 Å². The number of likely N-dealkylation sites (N-methyl/N-ethyl adjacent to an activating group) is 2. The quantitative estimate of drug-likeness (QED) is 0.0632. The van der Waals surface area contributed by atoms with Crippen LogP contribution in [-0.2, 0) is 32.0 Å². The van der Waals surface area contributed by atoms with E-state index in [9.17, 15) is 28.8 Å². The lowest BCUT2D eigenvalue weighted by molar-refractivity contribution is -0.140. The van der Waals surface area contributed by atoms with Gasteiger partial charge < -0.3 is 40.9 Å². The Morgan fingerprint density at radius 2 is 0.910 bits per heavy atom. The van der Waals surface area contributed by atoms with Crippen molar-refractivity contribution in [1.82, 2.24) is 40.9 Å². The lowest BCUT2D eigenvalue weighted by atomic mass is 9.83. The number of fused-ring (bicyclic) bond motifs is 1. The molecule has 420 valence electrons. The van der Waals surface area contributed by atoms with E-state index in [0.29, 0.717) is 37.1 Å². The van der Waals surface area contributed by atoms with Crippen LogP contribution in [0.1, 0.15) is 123 Å². The average molecular weight is 1070 g/mol. The summed E-state index contributed by atoms with van der Waals surface area (Å²) in [6.07, 6.45) is 7.69. The molecule has 0 aromatic heterocycles. The fourth-order valence-corrected chi connectivity index (χ4v) is 12.2. The standard InChI is InChI=1S/C62H82F2N8O6/c1-41(65-3)57(73)67-55(45-21-13-7-14-22-45)61(77)71-37-51(63)35-53(71)39-69(31-29-43-17-9-5-10-18-43)59(75)49-27-25-48-34-50(28-26-47(48)33-49)60(76)70(32-30-44-19-11-6-12-20-44)40-54-36-52(64)38-72(54)62(78)56(46-23-15-8-16-24-46)68-58(74)42(2)66-4/h5-6,9-12,17-20,25-28,33-34,41-42,45-46,51-56,65-66H,7-8,13-16,21-24,29-32,35-40H2,1-4H3,(H,67,73)(H,68,74)/t41-,42-,51+,52+,53-,54-,55-,56-/m0/s1. The Balaban J connectivity index is 1.03. The number of alkyl halides is 2. The number of benzene rings is 4. The molecule has 78 heavy (non-hydrogen) atoms. The highest BCUT2D eigenvalue weighted by molar-refractivity contribution is 6.02. The van der Waals surface area contributed by atoms with Gasteiger partial charge >= 0.3 is 0 Å². The second-order valence-electron chi connectivity index (χ2n) is 22.5. The van der Waals surface area contributed by atoms with Gasteiger partial charge in [-0.1, -0.05) is 111 Å². The van der Waals surface area contributed by atoms with Gasteiger partial charge in [0, 0.05) is 50.1 Å². The molecule has 2 saturated carbocycles. The molecule has 6 amide bonds. The number of amides is 6. The zero-order chi connectivity index (χ0) is 55.3. The molecule has 14 nitrogen and oxygen atoms in total. The monoisotopic (exact) mass is 1070 g/mol. The smallest absolute Gasteiger partial charge is 0.253 e. The molecular weight excluding hydrogens is 991 g/mol. The second kappa shape index (κ2) is 27.6. The van der Waals surface area contributed by atoms with Crippen molar-refractivity contribution in [3.8, 4) is 0 Å². The third kappa shape index (κ3) is 14.7. The Morgan fingerprint density at radius 1 is 0.538 bits per heavy atom. The first-order valence-electron chi connectivity index (χ1n) is 28.8. The fourth-order valence-electron chi connectivity index (χ4n) is 12.2. The van der Waals surface area contributed by atoms with Gasteiger partial charge in [-0.25, -0.2) is 8.78 Å². The molecule has 2 aliphatic heterocycles. The number of nitrogens with zero attached hydrogens (tertiary/aromatic N) is 4. The van der Waals surface area contributed by atoms with Crippen molar-refractivity contribution >= 4 is 46.2 Å². The fraction of sp³-hybridized carbons (Fsp3) is 0.548.